The van der Waals surface area contributed by atoms with E-state index < -0.39 is 17.2 Å². The summed E-state index contributed by atoms with van der Waals surface area (Å²) in [6.07, 6.45) is 0.848. The lowest BCUT2D eigenvalue weighted by atomic mass is 10.3. The maximum absolute atomic E-state index is 11.9. The quantitative estimate of drug-likeness (QED) is 0.754. The number of hydrogen-bond donors (Lipinski definition) is 3. The molecule has 2 aromatic rings. The highest BCUT2D eigenvalue weighted by Gasteiger charge is 2.11. The zero-order valence-corrected chi connectivity index (χ0v) is 11.9. The third kappa shape index (κ3) is 3.21. The fourth-order valence-electron chi connectivity index (χ4n) is 1.65. The SMILES string of the molecule is CCc1nc(C)c(CNC(=O)c2cc(=O)[nH]c(=O)[nH]2)s1. The highest BCUT2D eigenvalue weighted by Crippen LogP contribution is 2.18. The van der Waals surface area contributed by atoms with Crippen LogP contribution in [0.4, 0.5) is 0 Å². The highest BCUT2D eigenvalue weighted by molar-refractivity contribution is 7.11. The highest BCUT2D eigenvalue weighted by atomic mass is 32.1. The number of rotatable bonds is 4. The predicted octanol–water partition coefficient (Wildman–Crippen LogP) is 0.321. The largest absolute Gasteiger partial charge is 0.346 e. The van der Waals surface area contributed by atoms with Crippen LogP contribution >= 0.6 is 11.3 Å². The van der Waals surface area contributed by atoms with Crippen molar-refractivity contribution >= 4 is 17.2 Å². The number of hydrogen-bond acceptors (Lipinski definition) is 5. The summed E-state index contributed by atoms with van der Waals surface area (Å²) >= 11 is 1.54. The van der Waals surface area contributed by atoms with Gasteiger partial charge < -0.3 is 10.3 Å². The van der Waals surface area contributed by atoms with Crippen molar-refractivity contribution in [3.8, 4) is 0 Å². The van der Waals surface area contributed by atoms with E-state index in [0.717, 1.165) is 28.1 Å². The summed E-state index contributed by atoms with van der Waals surface area (Å²) < 4.78 is 0. The van der Waals surface area contributed by atoms with Gasteiger partial charge in [0, 0.05) is 10.9 Å². The van der Waals surface area contributed by atoms with Gasteiger partial charge in [-0.15, -0.1) is 11.3 Å². The number of H-pyrrole nitrogens is 2. The van der Waals surface area contributed by atoms with Crippen molar-refractivity contribution in [1.82, 2.24) is 20.3 Å². The number of aromatic amines is 2. The number of thiazole rings is 1. The molecule has 2 aromatic heterocycles. The fraction of sp³-hybridized carbons (Fsp3) is 0.333. The lowest BCUT2D eigenvalue weighted by Gasteiger charge is -2.03. The molecule has 0 saturated carbocycles. The smallest absolute Gasteiger partial charge is 0.326 e. The first-order valence-electron chi connectivity index (χ1n) is 6.06. The van der Waals surface area contributed by atoms with Gasteiger partial charge in [-0.25, -0.2) is 9.78 Å². The Labute approximate surface area is 118 Å². The Hall–Kier alpha value is -2.22. The van der Waals surface area contributed by atoms with Crippen LogP contribution in [-0.4, -0.2) is 20.9 Å². The first-order chi connectivity index (χ1) is 9.49. The van der Waals surface area contributed by atoms with E-state index in [4.69, 9.17) is 0 Å². The van der Waals surface area contributed by atoms with Crippen LogP contribution in [0.5, 0.6) is 0 Å². The number of carbonyl (C=O) groups excluding carboxylic acids is 1. The van der Waals surface area contributed by atoms with Crippen LogP contribution in [-0.2, 0) is 13.0 Å². The molecule has 2 rings (SSSR count). The molecule has 0 aromatic carbocycles. The van der Waals surface area contributed by atoms with Crippen molar-refractivity contribution in [3.63, 3.8) is 0 Å². The Morgan fingerprint density at radius 3 is 2.75 bits per heavy atom. The van der Waals surface area contributed by atoms with Crippen LogP contribution in [0, 0.1) is 6.92 Å². The summed E-state index contributed by atoms with van der Waals surface area (Å²) in [7, 11) is 0. The Morgan fingerprint density at radius 2 is 2.15 bits per heavy atom. The molecular formula is C12H14N4O3S. The second-order valence-corrected chi connectivity index (χ2v) is 5.32. The summed E-state index contributed by atoms with van der Waals surface area (Å²) in [6, 6.07) is 1.05. The van der Waals surface area contributed by atoms with E-state index in [9.17, 15) is 14.4 Å². The molecule has 0 spiro atoms. The maximum Gasteiger partial charge on any atom is 0.326 e. The van der Waals surface area contributed by atoms with Gasteiger partial charge in [-0.3, -0.25) is 14.6 Å². The summed E-state index contributed by atoms with van der Waals surface area (Å²) in [5.41, 5.74) is -0.491. The number of amides is 1. The molecule has 0 aliphatic heterocycles. The predicted molar refractivity (Wildman–Crippen MR) is 75.1 cm³/mol. The average Bonchev–Trinajstić information content (AvgIpc) is 2.75. The molecule has 0 saturated heterocycles. The zero-order chi connectivity index (χ0) is 14.7. The molecule has 0 aliphatic rings. The van der Waals surface area contributed by atoms with Gasteiger partial charge in [0.2, 0.25) is 0 Å². The molecule has 0 radical (unpaired) electrons. The molecule has 106 valence electrons. The summed E-state index contributed by atoms with van der Waals surface area (Å²) in [4.78, 5) is 43.7. The number of nitrogens with one attached hydrogen (secondary N) is 3. The van der Waals surface area contributed by atoms with E-state index in [1.165, 1.54) is 11.3 Å². The third-order valence-electron chi connectivity index (χ3n) is 2.65. The third-order valence-corrected chi connectivity index (χ3v) is 3.96. The standard InChI is InChI=1S/C12H14N4O3S/c1-3-10-14-6(2)8(20-10)5-13-11(18)7-4-9(17)16-12(19)15-7/h4H,3,5H2,1-2H3,(H,13,18)(H2,15,16,17,19). The van der Waals surface area contributed by atoms with Crippen LogP contribution in [0.25, 0.3) is 0 Å². The molecule has 0 atom stereocenters. The van der Waals surface area contributed by atoms with Gasteiger partial charge in [0.1, 0.15) is 5.69 Å². The van der Waals surface area contributed by atoms with Gasteiger partial charge in [-0.1, -0.05) is 6.92 Å². The average molecular weight is 294 g/mol. The normalized spacial score (nSPS) is 10.5. The summed E-state index contributed by atoms with van der Waals surface area (Å²) in [5.74, 6) is -0.501. The molecule has 1 amide bonds. The van der Waals surface area contributed by atoms with Gasteiger partial charge >= 0.3 is 5.69 Å². The number of carbonyl (C=O) groups is 1. The Kier molecular flexibility index (Phi) is 4.14. The molecule has 8 heteroatoms. The minimum atomic E-state index is -0.704. The van der Waals surface area contributed by atoms with Crippen LogP contribution in [0.15, 0.2) is 15.7 Å². The van der Waals surface area contributed by atoms with Crippen molar-refractivity contribution in [1.29, 1.82) is 0 Å². The second kappa shape index (κ2) is 5.83. The zero-order valence-electron chi connectivity index (χ0n) is 11.1. The number of aryl methyl sites for hydroxylation is 2. The molecule has 7 nitrogen and oxygen atoms in total. The van der Waals surface area contributed by atoms with E-state index in [0.29, 0.717) is 6.54 Å². The van der Waals surface area contributed by atoms with E-state index in [2.05, 4.69) is 15.3 Å². The van der Waals surface area contributed by atoms with Gasteiger partial charge in [-0.05, 0) is 13.3 Å². The van der Waals surface area contributed by atoms with Crippen LogP contribution < -0.4 is 16.6 Å². The molecule has 20 heavy (non-hydrogen) atoms. The summed E-state index contributed by atoms with van der Waals surface area (Å²) in [6.45, 7) is 4.21. The van der Waals surface area contributed by atoms with E-state index in [1.807, 2.05) is 18.8 Å². The van der Waals surface area contributed by atoms with Gasteiger partial charge in [0.25, 0.3) is 11.5 Å². The van der Waals surface area contributed by atoms with Crippen molar-refractivity contribution < 1.29 is 4.79 Å². The first kappa shape index (κ1) is 14.2. The molecule has 2 heterocycles. The van der Waals surface area contributed by atoms with Crippen LogP contribution in [0.2, 0.25) is 0 Å². The van der Waals surface area contributed by atoms with Crippen LogP contribution in [0.3, 0.4) is 0 Å². The molecular weight excluding hydrogens is 280 g/mol. The lowest BCUT2D eigenvalue weighted by Crippen LogP contribution is -2.30. The summed E-state index contributed by atoms with van der Waals surface area (Å²) in [5, 5.41) is 3.67. The van der Waals surface area contributed by atoms with Gasteiger partial charge in [0.05, 0.1) is 17.2 Å². The van der Waals surface area contributed by atoms with E-state index in [-0.39, 0.29) is 5.69 Å². The first-order valence-corrected chi connectivity index (χ1v) is 6.88. The van der Waals surface area contributed by atoms with Crippen molar-refractivity contribution in [2.24, 2.45) is 0 Å². The molecule has 3 N–H and O–H groups in total. The minimum Gasteiger partial charge on any atom is -0.346 e. The van der Waals surface area contributed by atoms with Crippen molar-refractivity contribution in [3.05, 3.63) is 48.2 Å². The number of aromatic nitrogens is 3. The second-order valence-electron chi connectivity index (χ2n) is 4.15. The molecule has 0 bridgehead atoms. The molecule has 0 aliphatic carbocycles. The monoisotopic (exact) mass is 294 g/mol. The van der Waals surface area contributed by atoms with E-state index >= 15 is 0 Å². The van der Waals surface area contributed by atoms with Gasteiger partial charge in [-0.2, -0.15) is 0 Å². The van der Waals surface area contributed by atoms with Crippen LogP contribution in [0.1, 0.15) is 33.0 Å². The fourth-order valence-corrected chi connectivity index (χ4v) is 2.60. The lowest BCUT2D eigenvalue weighted by molar-refractivity contribution is 0.0945. The van der Waals surface area contributed by atoms with Gasteiger partial charge in [0.15, 0.2) is 0 Å². The molecule has 0 unspecified atom stereocenters. The van der Waals surface area contributed by atoms with E-state index in [1.54, 1.807) is 0 Å². The van der Waals surface area contributed by atoms with Crippen molar-refractivity contribution in [2.75, 3.05) is 0 Å². The Balaban J connectivity index is 2.10. The van der Waals surface area contributed by atoms with Crippen molar-refractivity contribution in [2.45, 2.75) is 26.8 Å². The topological polar surface area (TPSA) is 108 Å². The molecule has 0 fully saturated rings. The maximum atomic E-state index is 11.9. The number of nitrogens with zero attached hydrogens (tertiary/aromatic N) is 1. The Morgan fingerprint density at radius 1 is 1.40 bits per heavy atom. The minimum absolute atomic E-state index is 0.0587. The Bertz CT molecular complexity index is 715.